The number of hydrogen-bond donors (Lipinski definition) is 1. The van der Waals surface area contributed by atoms with Crippen molar-refractivity contribution in [3.63, 3.8) is 0 Å². The van der Waals surface area contributed by atoms with Gasteiger partial charge in [-0.25, -0.2) is 4.39 Å². The summed E-state index contributed by atoms with van der Waals surface area (Å²) < 4.78 is 20.0. The third kappa shape index (κ3) is 3.07. The molecule has 2 aromatic rings. The summed E-state index contributed by atoms with van der Waals surface area (Å²) >= 11 is 12.2. The SMILES string of the molecule is NCC[C@H]1CCc2cc(F)cc(-c3ccc(Cl)cc3Cl)c2O1. The van der Waals surface area contributed by atoms with E-state index in [9.17, 15) is 4.39 Å². The molecule has 0 fully saturated rings. The fourth-order valence-electron chi connectivity index (χ4n) is 2.81. The number of benzene rings is 2. The molecule has 0 amide bonds. The lowest BCUT2D eigenvalue weighted by atomic mass is 9.94. The highest BCUT2D eigenvalue weighted by molar-refractivity contribution is 6.36. The number of hydrogen-bond acceptors (Lipinski definition) is 2. The minimum absolute atomic E-state index is 0.0628. The normalized spacial score (nSPS) is 17.0. The highest BCUT2D eigenvalue weighted by Gasteiger charge is 2.24. The molecule has 0 unspecified atom stereocenters. The largest absolute Gasteiger partial charge is 0.489 e. The van der Waals surface area contributed by atoms with Crippen molar-refractivity contribution in [1.82, 2.24) is 0 Å². The highest BCUT2D eigenvalue weighted by Crippen LogP contribution is 2.42. The summed E-state index contributed by atoms with van der Waals surface area (Å²) in [6.45, 7) is 0.568. The van der Waals surface area contributed by atoms with E-state index in [0.29, 0.717) is 27.9 Å². The van der Waals surface area contributed by atoms with Gasteiger partial charge in [0.1, 0.15) is 17.7 Å². The minimum Gasteiger partial charge on any atom is -0.489 e. The number of aryl methyl sites for hydroxylation is 1. The Morgan fingerprint density at radius 2 is 2.00 bits per heavy atom. The molecule has 2 nitrogen and oxygen atoms in total. The van der Waals surface area contributed by atoms with Gasteiger partial charge in [0.15, 0.2) is 0 Å². The maximum absolute atomic E-state index is 14.0. The summed E-state index contributed by atoms with van der Waals surface area (Å²) in [6.07, 6.45) is 2.47. The number of fused-ring (bicyclic) bond motifs is 1. The van der Waals surface area contributed by atoms with Gasteiger partial charge in [-0.1, -0.05) is 29.3 Å². The van der Waals surface area contributed by atoms with E-state index in [0.717, 1.165) is 30.4 Å². The van der Waals surface area contributed by atoms with Gasteiger partial charge in [0.2, 0.25) is 0 Å². The van der Waals surface area contributed by atoms with Gasteiger partial charge in [0.05, 0.1) is 5.02 Å². The van der Waals surface area contributed by atoms with Crippen molar-refractivity contribution in [3.05, 3.63) is 51.8 Å². The first kappa shape index (κ1) is 15.6. The average molecular weight is 340 g/mol. The van der Waals surface area contributed by atoms with E-state index < -0.39 is 0 Å². The van der Waals surface area contributed by atoms with Crippen molar-refractivity contribution in [3.8, 4) is 16.9 Å². The molecule has 0 saturated heterocycles. The molecule has 0 bridgehead atoms. The topological polar surface area (TPSA) is 35.2 Å². The summed E-state index contributed by atoms with van der Waals surface area (Å²) in [5.74, 6) is 0.413. The molecule has 0 saturated carbocycles. The fraction of sp³-hybridized carbons (Fsp3) is 0.294. The lowest BCUT2D eigenvalue weighted by molar-refractivity contribution is 0.167. The van der Waals surface area contributed by atoms with Gasteiger partial charge in [-0.2, -0.15) is 0 Å². The van der Waals surface area contributed by atoms with Gasteiger partial charge in [-0.3, -0.25) is 0 Å². The molecule has 0 radical (unpaired) electrons. The molecule has 5 heteroatoms. The van der Waals surface area contributed by atoms with Crippen LogP contribution >= 0.6 is 23.2 Å². The lowest BCUT2D eigenvalue weighted by Gasteiger charge is -2.28. The van der Waals surface area contributed by atoms with E-state index in [1.165, 1.54) is 12.1 Å². The average Bonchev–Trinajstić information content (AvgIpc) is 2.47. The zero-order valence-electron chi connectivity index (χ0n) is 11.9. The number of rotatable bonds is 3. The molecule has 1 heterocycles. The molecule has 1 atom stereocenters. The van der Waals surface area contributed by atoms with Gasteiger partial charge in [-0.15, -0.1) is 0 Å². The second-order valence-electron chi connectivity index (χ2n) is 5.42. The van der Waals surface area contributed by atoms with Crippen molar-refractivity contribution in [2.24, 2.45) is 5.73 Å². The Kier molecular flexibility index (Phi) is 4.57. The standard InChI is InChI=1S/C17H16Cl2FNO/c18-11-2-4-14(16(19)8-11)15-9-12(20)7-10-1-3-13(5-6-21)22-17(10)15/h2,4,7-9,13H,1,3,5-6,21H2/t13-/m1/s1. The van der Waals surface area contributed by atoms with Crippen LogP contribution in [-0.4, -0.2) is 12.6 Å². The van der Waals surface area contributed by atoms with Crippen LogP contribution in [0.1, 0.15) is 18.4 Å². The molecule has 22 heavy (non-hydrogen) atoms. The Balaban J connectivity index is 2.10. The van der Waals surface area contributed by atoms with Crippen LogP contribution in [0.3, 0.4) is 0 Å². The van der Waals surface area contributed by atoms with Crippen LogP contribution in [0.15, 0.2) is 30.3 Å². The first-order valence-corrected chi connectivity index (χ1v) is 7.98. The second-order valence-corrected chi connectivity index (χ2v) is 6.27. The van der Waals surface area contributed by atoms with Crippen LogP contribution < -0.4 is 10.5 Å². The second kappa shape index (κ2) is 6.45. The van der Waals surface area contributed by atoms with Gasteiger partial charge >= 0.3 is 0 Å². The summed E-state index contributed by atoms with van der Waals surface area (Å²) in [7, 11) is 0. The number of halogens is 3. The van der Waals surface area contributed by atoms with Crippen molar-refractivity contribution >= 4 is 23.2 Å². The van der Waals surface area contributed by atoms with Crippen molar-refractivity contribution in [1.29, 1.82) is 0 Å². The van der Waals surface area contributed by atoms with Gasteiger partial charge in [0.25, 0.3) is 0 Å². The van der Waals surface area contributed by atoms with Crippen LogP contribution in [0.25, 0.3) is 11.1 Å². The molecule has 3 rings (SSSR count). The van der Waals surface area contributed by atoms with E-state index in [1.54, 1.807) is 18.2 Å². The molecule has 0 spiro atoms. The number of ether oxygens (including phenoxy) is 1. The summed E-state index contributed by atoms with van der Waals surface area (Å²) in [6, 6.07) is 8.16. The predicted molar refractivity (Wildman–Crippen MR) is 88.3 cm³/mol. The quantitative estimate of drug-likeness (QED) is 0.868. The van der Waals surface area contributed by atoms with E-state index in [2.05, 4.69) is 0 Å². The van der Waals surface area contributed by atoms with Crippen LogP contribution in [0.2, 0.25) is 10.0 Å². The third-order valence-corrected chi connectivity index (χ3v) is 4.41. The molecule has 1 aliphatic rings. The maximum atomic E-state index is 14.0. The molecule has 2 N–H and O–H groups in total. The van der Waals surface area contributed by atoms with Crippen molar-refractivity contribution < 1.29 is 9.13 Å². The number of nitrogens with two attached hydrogens (primary N) is 1. The summed E-state index contributed by atoms with van der Waals surface area (Å²) in [4.78, 5) is 0. The molecular weight excluding hydrogens is 324 g/mol. The van der Waals surface area contributed by atoms with E-state index in [-0.39, 0.29) is 11.9 Å². The van der Waals surface area contributed by atoms with Crippen LogP contribution in [-0.2, 0) is 6.42 Å². The Labute approximate surface area is 139 Å². The van der Waals surface area contributed by atoms with Crippen molar-refractivity contribution in [2.45, 2.75) is 25.4 Å². The Hall–Kier alpha value is -1.29. The first-order chi connectivity index (χ1) is 10.6. The minimum atomic E-state index is -0.291. The Bertz CT molecular complexity index is 705. The van der Waals surface area contributed by atoms with Gasteiger partial charge in [-0.05, 0) is 55.6 Å². The fourth-order valence-corrected chi connectivity index (χ4v) is 3.32. The zero-order chi connectivity index (χ0) is 15.7. The van der Waals surface area contributed by atoms with Crippen LogP contribution in [0, 0.1) is 5.82 Å². The third-order valence-electron chi connectivity index (χ3n) is 3.86. The van der Waals surface area contributed by atoms with Gasteiger partial charge in [0, 0.05) is 16.1 Å². The Morgan fingerprint density at radius 3 is 2.73 bits per heavy atom. The van der Waals surface area contributed by atoms with E-state index in [1.807, 2.05) is 0 Å². The predicted octanol–water partition coefficient (Wildman–Crippen LogP) is 4.84. The lowest BCUT2D eigenvalue weighted by Crippen LogP contribution is -2.26. The summed E-state index contributed by atoms with van der Waals surface area (Å²) in [5.41, 5.74) is 7.87. The molecule has 0 aliphatic carbocycles. The van der Waals surface area contributed by atoms with Crippen LogP contribution in [0.5, 0.6) is 5.75 Å². The van der Waals surface area contributed by atoms with E-state index in [4.69, 9.17) is 33.7 Å². The molecule has 116 valence electrons. The smallest absolute Gasteiger partial charge is 0.130 e. The first-order valence-electron chi connectivity index (χ1n) is 7.23. The zero-order valence-corrected chi connectivity index (χ0v) is 13.4. The van der Waals surface area contributed by atoms with E-state index >= 15 is 0 Å². The molecular formula is C17H16Cl2FNO. The van der Waals surface area contributed by atoms with Crippen LogP contribution in [0.4, 0.5) is 4.39 Å². The van der Waals surface area contributed by atoms with Crippen molar-refractivity contribution in [2.75, 3.05) is 6.54 Å². The molecule has 1 aliphatic heterocycles. The maximum Gasteiger partial charge on any atom is 0.130 e. The molecule has 0 aromatic heterocycles. The highest BCUT2D eigenvalue weighted by atomic mass is 35.5. The molecule has 2 aromatic carbocycles. The monoisotopic (exact) mass is 339 g/mol. The summed E-state index contributed by atoms with van der Waals surface area (Å²) in [5, 5.41) is 1.02. The van der Waals surface area contributed by atoms with Gasteiger partial charge < -0.3 is 10.5 Å². The Morgan fingerprint density at radius 1 is 1.18 bits per heavy atom.